The van der Waals surface area contributed by atoms with Crippen LogP contribution in [0.2, 0.25) is 0 Å². The molecule has 0 unspecified atom stereocenters. The van der Waals surface area contributed by atoms with E-state index in [1.54, 1.807) is 7.11 Å². The lowest BCUT2D eigenvalue weighted by atomic mass is 10.3. The van der Waals surface area contributed by atoms with E-state index in [4.69, 9.17) is 4.74 Å². The zero-order valence-corrected chi connectivity index (χ0v) is 10.6. The van der Waals surface area contributed by atoms with Gasteiger partial charge in [0.2, 0.25) is 0 Å². The molecular weight excluding hydrogens is 178 g/mol. The molecule has 0 radical (unpaired) electrons. The fraction of sp³-hybridized carbons (Fsp3) is 0.400. The van der Waals surface area contributed by atoms with Crippen LogP contribution in [0.4, 0.5) is 5.69 Å². The highest BCUT2D eigenvalue weighted by Gasteiger charge is 2.04. The van der Waals surface area contributed by atoms with Crippen molar-refractivity contribution in [2.75, 3.05) is 18.2 Å². The Kier molecular flexibility index (Phi) is 3.83. The van der Waals surface area contributed by atoms with Crippen LogP contribution in [0.5, 0.6) is 5.75 Å². The third kappa shape index (κ3) is 2.49. The Balaban J connectivity index is 2.85. The maximum atomic E-state index is 5.29. The molecule has 0 aliphatic carbocycles. The van der Waals surface area contributed by atoms with E-state index in [0.717, 1.165) is 22.7 Å². The molecule has 1 rings (SSSR count). The van der Waals surface area contributed by atoms with E-state index in [0.29, 0.717) is 0 Å². The summed E-state index contributed by atoms with van der Waals surface area (Å²) < 4.78 is 7.64. The van der Waals surface area contributed by atoms with E-state index >= 15 is 0 Å². The van der Waals surface area contributed by atoms with Crippen molar-refractivity contribution in [3.05, 3.63) is 24.3 Å². The van der Waals surface area contributed by atoms with Crippen LogP contribution in [0.1, 0.15) is 13.3 Å². The molecule has 1 aromatic rings. The molecular formula is C10H17NOSi. The van der Waals surface area contributed by atoms with Gasteiger partial charge < -0.3 is 9.30 Å². The Morgan fingerprint density at radius 2 is 2.08 bits per heavy atom. The Hall–Kier alpha value is -0.963. The average molecular weight is 195 g/mol. The summed E-state index contributed by atoms with van der Waals surface area (Å²) in [6.07, 6.45) is 1.18. The minimum atomic E-state index is 0.978. The summed E-state index contributed by atoms with van der Waals surface area (Å²) >= 11 is 0. The molecule has 2 nitrogen and oxygen atoms in total. The van der Waals surface area contributed by atoms with Gasteiger partial charge in [-0.3, -0.25) is 0 Å². The van der Waals surface area contributed by atoms with Crippen LogP contribution in [0, 0.1) is 0 Å². The summed E-state index contributed by atoms with van der Waals surface area (Å²) in [6.45, 7) is 3.31. The fourth-order valence-electron chi connectivity index (χ4n) is 1.40. The van der Waals surface area contributed by atoms with E-state index in [9.17, 15) is 0 Å². The molecule has 0 fully saturated rings. The van der Waals surface area contributed by atoms with E-state index < -0.39 is 0 Å². The van der Waals surface area contributed by atoms with Gasteiger partial charge in [0, 0.05) is 6.54 Å². The predicted molar refractivity (Wildman–Crippen MR) is 60.6 cm³/mol. The minimum absolute atomic E-state index is 0.978. The largest absolute Gasteiger partial charge is 0.495 e. The van der Waals surface area contributed by atoms with Crippen LogP contribution >= 0.6 is 0 Å². The third-order valence-electron chi connectivity index (χ3n) is 2.06. The predicted octanol–water partition coefficient (Wildman–Crippen LogP) is 1.19. The number of hydrogen-bond acceptors (Lipinski definition) is 2. The van der Waals surface area contributed by atoms with Crippen molar-refractivity contribution >= 4 is 16.1 Å². The molecule has 0 saturated heterocycles. The van der Waals surface area contributed by atoms with Crippen LogP contribution in [0.3, 0.4) is 0 Å². The van der Waals surface area contributed by atoms with Crippen LogP contribution in [-0.4, -0.2) is 24.1 Å². The number of para-hydroxylation sites is 2. The van der Waals surface area contributed by atoms with E-state index in [1.165, 1.54) is 12.1 Å². The van der Waals surface area contributed by atoms with Gasteiger partial charge in [0.15, 0.2) is 0 Å². The highest BCUT2D eigenvalue weighted by Crippen LogP contribution is 2.25. The summed E-state index contributed by atoms with van der Waals surface area (Å²) in [5.74, 6) is 0.978. The van der Waals surface area contributed by atoms with Gasteiger partial charge >= 0.3 is 0 Å². The summed E-state index contributed by atoms with van der Waals surface area (Å²) in [7, 11) is 2.77. The number of hydrogen-bond donors (Lipinski definition) is 0. The third-order valence-corrected chi connectivity index (χ3v) is 2.98. The van der Waals surface area contributed by atoms with Gasteiger partial charge in [0.1, 0.15) is 16.2 Å². The highest BCUT2D eigenvalue weighted by molar-refractivity contribution is 6.18. The zero-order valence-electron chi connectivity index (χ0n) is 8.58. The standard InChI is InChI=1S/C10H17NOSi/c1-3-8-11(13)9-6-4-5-7-10(9)12-2/h4-7H,3,8H2,1-2,13H3. The fourth-order valence-corrected chi connectivity index (χ4v) is 2.22. The molecule has 0 bridgehead atoms. The quantitative estimate of drug-likeness (QED) is 0.669. The second-order valence-corrected chi connectivity index (χ2v) is 4.17. The molecule has 0 aromatic heterocycles. The highest BCUT2D eigenvalue weighted by atomic mass is 28.2. The van der Waals surface area contributed by atoms with Gasteiger partial charge in [-0.15, -0.1) is 0 Å². The molecule has 0 aliphatic rings. The Morgan fingerprint density at radius 1 is 1.38 bits per heavy atom. The SMILES string of the molecule is CCCN([SiH3])c1ccccc1OC. The molecule has 0 spiro atoms. The summed E-state index contributed by atoms with van der Waals surface area (Å²) in [5, 5.41) is 0. The first-order valence-corrected chi connectivity index (χ1v) is 5.53. The molecule has 3 heteroatoms. The first-order chi connectivity index (χ1) is 6.29. The maximum absolute atomic E-state index is 5.29. The van der Waals surface area contributed by atoms with E-state index in [-0.39, 0.29) is 0 Å². The van der Waals surface area contributed by atoms with Gasteiger partial charge in [-0.25, -0.2) is 0 Å². The Morgan fingerprint density at radius 3 is 2.69 bits per heavy atom. The molecule has 0 N–H and O–H groups in total. The van der Waals surface area contributed by atoms with Crippen LogP contribution < -0.4 is 9.30 Å². The normalized spacial score (nSPS) is 10.0. The van der Waals surface area contributed by atoms with E-state index in [2.05, 4.69) is 23.6 Å². The summed E-state index contributed by atoms with van der Waals surface area (Å²) in [4.78, 5) is 0. The van der Waals surface area contributed by atoms with Crippen LogP contribution in [0.15, 0.2) is 24.3 Å². The number of anilines is 1. The van der Waals surface area contributed by atoms with Crippen molar-refractivity contribution < 1.29 is 4.74 Å². The van der Waals surface area contributed by atoms with Crippen molar-refractivity contribution in [2.24, 2.45) is 0 Å². The summed E-state index contributed by atoms with van der Waals surface area (Å²) in [5.41, 5.74) is 1.22. The van der Waals surface area contributed by atoms with Gasteiger partial charge in [0.25, 0.3) is 0 Å². The molecule has 13 heavy (non-hydrogen) atoms. The first-order valence-electron chi connectivity index (χ1n) is 4.63. The molecule has 0 heterocycles. The second-order valence-electron chi connectivity index (χ2n) is 3.09. The van der Waals surface area contributed by atoms with Gasteiger partial charge in [-0.2, -0.15) is 0 Å². The summed E-state index contributed by atoms with van der Waals surface area (Å²) in [6, 6.07) is 8.18. The van der Waals surface area contributed by atoms with Crippen molar-refractivity contribution in [2.45, 2.75) is 13.3 Å². The van der Waals surface area contributed by atoms with Gasteiger partial charge in [-0.05, 0) is 18.6 Å². The second kappa shape index (κ2) is 4.92. The van der Waals surface area contributed by atoms with Crippen molar-refractivity contribution in [1.29, 1.82) is 0 Å². The Labute approximate surface area is 83.0 Å². The van der Waals surface area contributed by atoms with Gasteiger partial charge in [0.05, 0.1) is 12.8 Å². The lowest BCUT2D eigenvalue weighted by Crippen LogP contribution is -2.20. The molecule has 0 saturated carbocycles. The van der Waals surface area contributed by atoms with Crippen molar-refractivity contribution in [3.63, 3.8) is 0 Å². The topological polar surface area (TPSA) is 12.5 Å². The molecule has 0 atom stereocenters. The molecule has 72 valence electrons. The minimum Gasteiger partial charge on any atom is -0.495 e. The Bertz CT molecular complexity index is 265. The maximum Gasteiger partial charge on any atom is 0.141 e. The van der Waals surface area contributed by atoms with Crippen LogP contribution in [-0.2, 0) is 0 Å². The first kappa shape index (κ1) is 10.1. The molecule has 0 aliphatic heterocycles. The van der Waals surface area contributed by atoms with Crippen molar-refractivity contribution in [1.82, 2.24) is 0 Å². The number of nitrogens with zero attached hydrogens (tertiary/aromatic N) is 1. The van der Waals surface area contributed by atoms with Crippen molar-refractivity contribution in [3.8, 4) is 5.75 Å². The number of rotatable bonds is 4. The monoisotopic (exact) mass is 195 g/mol. The number of ether oxygens (including phenoxy) is 1. The van der Waals surface area contributed by atoms with Gasteiger partial charge in [-0.1, -0.05) is 19.1 Å². The zero-order chi connectivity index (χ0) is 9.68. The number of benzene rings is 1. The van der Waals surface area contributed by atoms with E-state index in [1.807, 2.05) is 12.1 Å². The molecule has 1 aromatic carbocycles. The molecule has 0 amide bonds. The van der Waals surface area contributed by atoms with Crippen LogP contribution in [0.25, 0.3) is 0 Å². The lowest BCUT2D eigenvalue weighted by molar-refractivity contribution is 0.415. The smallest absolute Gasteiger partial charge is 0.141 e. The number of methoxy groups -OCH3 is 1. The lowest BCUT2D eigenvalue weighted by Gasteiger charge is -2.21. The average Bonchev–Trinajstić information content (AvgIpc) is 2.18.